The predicted molar refractivity (Wildman–Crippen MR) is 112 cm³/mol. The maximum absolute atomic E-state index is 6.43. The van der Waals surface area contributed by atoms with Crippen molar-refractivity contribution in [1.82, 2.24) is 10.0 Å². The van der Waals surface area contributed by atoms with Crippen LogP contribution in [0.5, 0.6) is 0 Å². The van der Waals surface area contributed by atoms with E-state index in [1.165, 1.54) is 9.28 Å². The zero-order valence-electron chi connectivity index (χ0n) is 15.7. The Morgan fingerprint density at radius 3 is 2.35 bits per heavy atom. The SMILES string of the molecule is CCO[C@H]1C(I)=C(CBr)N(C(C)CO[Si](C)(C)C(C)(C)C)N1C. The normalized spacial score (nSPS) is 22.2. The van der Waals surface area contributed by atoms with Gasteiger partial charge in [-0.1, -0.05) is 36.7 Å². The van der Waals surface area contributed by atoms with Gasteiger partial charge in [0.1, 0.15) is 0 Å². The number of ether oxygens (including phenoxy) is 1. The number of rotatable bonds is 7. The maximum atomic E-state index is 6.43. The van der Waals surface area contributed by atoms with E-state index in [1.54, 1.807) is 0 Å². The minimum atomic E-state index is -1.73. The topological polar surface area (TPSA) is 24.9 Å². The lowest BCUT2D eigenvalue weighted by atomic mass is 10.2. The molecule has 0 saturated carbocycles. The van der Waals surface area contributed by atoms with Crippen LogP contribution in [0.15, 0.2) is 9.28 Å². The van der Waals surface area contributed by atoms with Gasteiger partial charge < -0.3 is 14.2 Å². The van der Waals surface area contributed by atoms with E-state index >= 15 is 0 Å². The highest BCUT2D eigenvalue weighted by Crippen LogP contribution is 2.38. The molecule has 0 aromatic heterocycles. The molecule has 0 aliphatic carbocycles. The molecule has 0 spiro atoms. The van der Waals surface area contributed by atoms with Crippen molar-refractivity contribution in [2.45, 2.75) is 65.0 Å². The van der Waals surface area contributed by atoms with Gasteiger partial charge in [0.25, 0.3) is 0 Å². The summed E-state index contributed by atoms with van der Waals surface area (Å²) in [7, 11) is 0.367. The number of alkyl halides is 1. The molecular weight excluding hydrogens is 487 g/mol. The van der Waals surface area contributed by atoms with Gasteiger partial charge in [-0.3, -0.25) is 0 Å². The molecule has 0 aromatic carbocycles. The minimum absolute atomic E-state index is 0.0171. The van der Waals surface area contributed by atoms with Crippen molar-refractivity contribution in [2.24, 2.45) is 0 Å². The zero-order valence-corrected chi connectivity index (χ0v) is 20.5. The second-order valence-electron chi connectivity index (χ2n) is 7.57. The smallest absolute Gasteiger partial charge is 0.192 e. The van der Waals surface area contributed by atoms with Crippen LogP contribution < -0.4 is 0 Å². The van der Waals surface area contributed by atoms with E-state index in [0.717, 1.165) is 11.9 Å². The van der Waals surface area contributed by atoms with Gasteiger partial charge in [-0.25, -0.2) is 0 Å². The van der Waals surface area contributed by atoms with Crippen LogP contribution in [-0.2, 0) is 9.16 Å². The summed E-state index contributed by atoms with van der Waals surface area (Å²) >= 11 is 6.04. The first-order valence-electron chi connectivity index (χ1n) is 8.20. The average molecular weight is 519 g/mol. The van der Waals surface area contributed by atoms with Gasteiger partial charge in [0.15, 0.2) is 14.5 Å². The Hall–Kier alpha value is 0.847. The van der Waals surface area contributed by atoms with Crippen LogP contribution in [0.2, 0.25) is 18.1 Å². The molecule has 0 radical (unpaired) electrons. The summed E-state index contributed by atoms with van der Waals surface area (Å²) in [6, 6.07) is 0.275. The van der Waals surface area contributed by atoms with Gasteiger partial charge in [0, 0.05) is 19.0 Å². The minimum Gasteiger partial charge on any atom is -0.415 e. The largest absolute Gasteiger partial charge is 0.415 e. The Morgan fingerprint density at radius 1 is 1.35 bits per heavy atom. The lowest BCUT2D eigenvalue weighted by Gasteiger charge is -2.40. The van der Waals surface area contributed by atoms with Crippen molar-refractivity contribution >= 4 is 46.8 Å². The molecule has 0 bridgehead atoms. The number of likely N-dealkylation sites (N-methyl/N-ethyl adjacent to an activating group) is 1. The fraction of sp³-hybridized carbons (Fsp3) is 0.875. The summed E-state index contributed by atoms with van der Waals surface area (Å²) in [6.45, 7) is 17.2. The Bertz CT molecular complexity index is 440. The molecule has 1 aliphatic rings. The molecule has 23 heavy (non-hydrogen) atoms. The molecular formula is C16H32BrIN2O2Si. The van der Waals surface area contributed by atoms with Crippen molar-refractivity contribution in [3.05, 3.63) is 9.28 Å². The Balaban J connectivity index is 2.85. The van der Waals surface area contributed by atoms with E-state index in [9.17, 15) is 0 Å². The Kier molecular flexibility index (Phi) is 8.08. The lowest BCUT2D eigenvalue weighted by Crippen LogP contribution is -2.50. The monoisotopic (exact) mass is 518 g/mol. The summed E-state index contributed by atoms with van der Waals surface area (Å²) < 4.78 is 13.6. The fourth-order valence-corrected chi connectivity index (χ4v) is 5.57. The summed E-state index contributed by atoms with van der Waals surface area (Å²) in [5, 5.41) is 5.58. The highest BCUT2D eigenvalue weighted by Gasteiger charge is 2.40. The van der Waals surface area contributed by atoms with Crippen LogP contribution in [0.4, 0.5) is 0 Å². The zero-order chi connectivity index (χ0) is 18.0. The van der Waals surface area contributed by atoms with Gasteiger partial charge in [0.05, 0.1) is 21.9 Å². The molecule has 0 aromatic rings. The van der Waals surface area contributed by atoms with E-state index in [-0.39, 0.29) is 17.3 Å². The summed E-state index contributed by atoms with van der Waals surface area (Å²) in [4.78, 5) is 0. The van der Waals surface area contributed by atoms with Crippen molar-refractivity contribution in [1.29, 1.82) is 0 Å². The van der Waals surface area contributed by atoms with Crippen LogP contribution in [0, 0.1) is 0 Å². The standard InChI is InChI=1S/C16H32BrIN2O2Si/c1-9-21-15-14(18)13(10-17)20(19(15)6)12(2)11-22-23(7,8)16(3,4)5/h12,15H,9-11H2,1-8H3/t12?,15-/m0/s1. The molecule has 0 fully saturated rings. The van der Waals surface area contributed by atoms with E-state index < -0.39 is 8.32 Å². The number of hydrogen-bond donors (Lipinski definition) is 0. The van der Waals surface area contributed by atoms with E-state index in [2.05, 4.69) is 96.4 Å². The van der Waals surface area contributed by atoms with Gasteiger partial charge in [-0.15, -0.1) is 0 Å². The first-order valence-corrected chi connectivity index (χ1v) is 13.3. The molecule has 1 aliphatic heterocycles. The third kappa shape index (κ3) is 4.94. The highest BCUT2D eigenvalue weighted by atomic mass is 127. The number of nitrogens with zero attached hydrogens (tertiary/aromatic N) is 2. The second kappa shape index (κ2) is 8.49. The van der Waals surface area contributed by atoms with Gasteiger partial charge in [0.2, 0.25) is 0 Å². The van der Waals surface area contributed by atoms with Crippen LogP contribution >= 0.6 is 38.5 Å². The van der Waals surface area contributed by atoms with Crippen LogP contribution in [0.25, 0.3) is 0 Å². The van der Waals surface area contributed by atoms with Crippen molar-refractivity contribution < 1.29 is 9.16 Å². The fourth-order valence-electron chi connectivity index (χ4n) is 2.38. The average Bonchev–Trinajstić information content (AvgIpc) is 2.68. The summed E-state index contributed by atoms with van der Waals surface area (Å²) in [5.41, 5.74) is 1.28. The van der Waals surface area contributed by atoms with E-state index in [4.69, 9.17) is 9.16 Å². The molecule has 4 nitrogen and oxygen atoms in total. The third-order valence-electron chi connectivity index (χ3n) is 4.81. The van der Waals surface area contributed by atoms with Gasteiger partial charge in [-0.2, -0.15) is 5.01 Å². The molecule has 7 heteroatoms. The van der Waals surface area contributed by atoms with Crippen molar-refractivity contribution in [3.63, 3.8) is 0 Å². The number of hydrazine groups is 1. The molecule has 136 valence electrons. The molecule has 0 amide bonds. The Morgan fingerprint density at radius 2 is 1.91 bits per heavy atom. The van der Waals surface area contributed by atoms with Crippen molar-refractivity contribution in [2.75, 3.05) is 25.6 Å². The number of hydrogen-bond acceptors (Lipinski definition) is 4. The first-order chi connectivity index (χ1) is 10.5. The van der Waals surface area contributed by atoms with E-state index in [0.29, 0.717) is 6.61 Å². The second-order valence-corrected chi connectivity index (χ2v) is 14.1. The summed E-state index contributed by atoms with van der Waals surface area (Å²) in [5.74, 6) is 0. The molecule has 2 atom stereocenters. The van der Waals surface area contributed by atoms with E-state index in [1.807, 2.05) is 6.92 Å². The molecule has 1 unspecified atom stereocenters. The highest BCUT2D eigenvalue weighted by molar-refractivity contribution is 14.1. The molecule has 0 saturated heterocycles. The molecule has 1 rings (SSSR count). The van der Waals surface area contributed by atoms with Gasteiger partial charge >= 0.3 is 0 Å². The predicted octanol–water partition coefficient (Wildman–Crippen LogP) is 4.96. The van der Waals surface area contributed by atoms with Crippen LogP contribution in [-0.4, -0.2) is 56.2 Å². The quantitative estimate of drug-likeness (QED) is 0.270. The first kappa shape index (κ1) is 21.9. The van der Waals surface area contributed by atoms with Crippen LogP contribution in [0.3, 0.4) is 0 Å². The maximum Gasteiger partial charge on any atom is 0.192 e. The van der Waals surface area contributed by atoms with Crippen LogP contribution in [0.1, 0.15) is 34.6 Å². The number of allylic oxidation sites excluding steroid dienone is 1. The van der Waals surface area contributed by atoms with Gasteiger partial charge in [-0.05, 0) is 54.6 Å². The number of halogens is 2. The Labute approximate surface area is 165 Å². The summed E-state index contributed by atoms with van der Waals surface area (Å²) in [6.07, 6.45) is 0.0171. The molecule has 0 N–H and O–H groups in total. The lowest BCUT2D eigenvalue weighted by molar-refractivity contribution is -0.108. The third-order valence-corrected chi connectivity index (χ3v) is 11.0. The van der Waals surface area contributed by atoms with Crippen molar-refractivity contribution in [3.8, 4) is 0 Å². The molecule has 1 heterocycles.